The van der Waals surface area contributed by atoms with E-state index in [4.69, 9.17) is 0 Å². The Balaban J connectivity index is 1.51. The van der Waals surface area contributed by atoms with Gasteiger partial charge >= 0.3 is 0 Å². The molecule has 0 unspecified atom stereocenters. The maximum atomic E-state index is 12.5. The second-order valence-electron chi connectivity index (χ2n) is 7.24. The van der Waals surface area contributed by atoms with Crippen LogP contribution in [0.15, 0.2) is 87.8 Å². The molecule has 4 aromatic rings. The first-order valence-corrected chi connectivity index (χ1v) is 11.9. The topological polar surface area (TPSA) is 85.1 Å². The van der Waals surface area contributed by atoms with Gasteiger partial charge in [-0.15, -0.1) is 10.2 Å². The fourth-order valence-electron chi connectivity index (χ4n) is 3.04. The molecule has 0 spiro atoms. The van der Waals surface area contributed by atoms with Crippen LogP contribution in [-0.4, -0.2) is 37.1 Å². The largest absolute Gasteiger partial charge is 0.272 e. The van der Waals surface area contributed by atoms with Gasteiger partial charge in [-0.2, -0.15) is 5.10 Å². The Morgan fingerprint density at radius 3 is 2.42 bits per heavy atom. The van der Waals surface area contributed by atoms with E-state index in [1.54, 1.807) is 12.4 Å². The number of rotatable bonds is 7. The van der Waals surface area contributed by atoms with Crippen molar-refractivity contribution in [2.75, 3.05) is 5.75 Å². The van der Waals surface area contributed by atoms with E-state index in [9.17, 15) is 4.79 Å². The smallest absolute Gasteiger partial charge is 0.250 e. The van der Waals surface area contributed by atoms with Crippen molar-refractivity contribution in [3.05, 3.63) is 88.7 Å². The molecule has 0 saturated carbocycles. The molecule has 9 heteroatoms. The van der Waals surface area contributed by atoms with Crippen molar-refractivity contribution >= 4 is 39.3 Å². The number of aryl methyl sites for hydroxylation is 1. The zero-order valence-corrected chi connectivity index (χ0v) is 20.5. The summed E-state index contributed by atoms with van der Waals surface area (Å²) in [6.07, 6.45) is 3.43. The van der Waals surface area contributed by atoms with Crippen molar-refractivity contribution in [3.63, 3.8) is 0 Å². The van der Waals surface area contributed by atoms with Crippen molar-refractivity contribution in [3.8, 4) is 17.1 Å². The number of hydrogen-bond acceptors (Lipinski definition) is 6. The van der Waals surface area contributed by atoms with Gasteiger partial charge in [0.2, 0.25) is 0 Å². The Hall–Kier alpha value is -3.30. The number of hydrogen-bond donors (Lipinski definition) is 1. The van der Waals surface area contributed by atoms with Crippen LogP contribution in [0, 0.1) is 6.92 Å². The van der Waals surface area contributed by atoms with Crippen LogP contribution in [0.25, 0.3) is 17.1 Å². The van der Waals surface area contributed by atoms with E-state index >= 15 is 0 Å². The van der Waals surface area contributed by atoms with Gasteiger partial charge in [0.15, 0.2) is 11.0 Å². The highest BCUT2D eigenvalue weighted by Gasteiger charge is 2.17. The van der Waals surface area contributed by atoms with Crippen LogP contribution in [-0.2, 0) is 4.79 Å². The van der Waals surface area contributed by atoms with Gasteiger partial charge in [-0.05, 0) is 55.8 Å². The van der Waals surface area contributed by atoms with Gasteiger partial charge in [-0.25, -0.2) is 5.43 Å². The summed E-state index contributed by atoms with van der Waals surface area (Å²) in [5, 5.41) is 13.6. The second-order valence-corrected chi connectivity index (χ2v) is 9.10. The number of thioether (sulfide) groups is 1. The SMILES string of the molecule is C/C(=N/NC(=O)CSc1nnc(-c2ccncc2)n1-c1ccc(Br)cc1)c1ccc(C)cc1. The molecule has 0 fully saturated rings. The number of aromatic nitrogens is 4. The Bertz CT molecular complexity index is 1270. The average molecular weight is 521 g/mol. The molecule has 2 aromatic heterocycles. The normalized spacial score (nSPS) is 11.4. The van der Waals surface area contributed by atoms with Crippen molar-refractivity contribution in [1.82, 2.24) is 25.2 Å². The number of nitrogens with one attached hydrogen (secondary N) is 1. The number of carbonyl (C=O) groups excluding carboxylic acids is 1. The number of nitrogens with zero attached hydrogens (tertiary/aromatic N) is 5. The number of carbonyl (C=O) groups is 1. The molecule has 1 N–H and O–H groups in total. The van der Waals surface area contributed by atoms with Gasteiger partial charge in [0, 0.05) is 28.1 Å². The second kappa shape index (κ2) is 10.5. The summed E-state index contributed by atoms with van der Waals surface area (Å²) in [4.78, 5) is 16.5. The van der Waals surface area contributed by atoms with Crippen LogP contribution >= 0.6 is 27.7 Å². The van der Waals surface area contributed by atoms with E-state index in [0.29, 0.717) is 11.0 Å². The lowest BCUT2D eigenvalue weighted by Gasteiger charge is -2.10. The Morgan fingerprint density at radius 2 is 1.73 bits per heavy atom. The highest BCUT2D eigenvalue weighted by atomic mass is 79.9. The third-order valence-electron chi connectivity index (χ3n) is 4.81. The standard InChI is InChI=1S/C24H21BrN6OS/c1-16-3-5-18(6-4-16)17(2)27-28-22(32)15-33-24-30-29-23(19-11-13-26-14-12-19)31(24)21-9-7-20(25)8-10-21/h3-14H,15H2,1-2H3,(H,28,32)/b27-17-. The van der Waals surface area contributed by atoms with Gasteiger partial charge in [0.25, 0.3) is 5.91 Å². The van der Waals surface area contributed by atoms with Gasteiger partial charge in [-0.3, -0.25) is 14.3 Å². The molecule has 1 amide bonds. The first-order valence-electron chi connectivity index (χ1n) is 10.2. The Kier molecular flexibility index (Phi) is 7.31. The summed E-state index contributed by atoms with van der Waals surface area (Å²) in [5.74, 6) is 0.605. The third kappa shape index (κ3) is 5.74. The molecular weight excluding hydrogens is 500 g/mol. The van der Waals surface area contributed by atoms with Crippen LogP contribution in [0.5, 0.6) is 0 Å². The van der Waals surface area contributed by atoms with Gasteiger partial charge in [0.1, 0.15) is 0 Å². The van der Waals surface area contributed by atoms with E-state index in [1.807, 2.05) is 79.1 Å². The monoisotopic (exact) mass is 520 g/mol. The molecule has 0 aliphatic heterocycles. The van der Waals surface area contributed by atoms with Crippen LogP contribution in [0.4, 0.5) is 0 Å². The molecule has 166 valence electrons. The van der Waals surface area contributed by atoms with Crippen molar-refractivity contribution in [1.29, 1.82) is 0 Å². The number of benzene rings is 2. The van der Waals surface area contributed by atoms with Gasteiger partial charge in [0.05, 0.1) is 11.5 Å². The van der Waals surface area contributed by atoms with Crippen molar-refractivity contribution < 1.29 is 4.79 Å². The highest BCUT2D eigenvalue weighted by molar-refractivity contribution is 9.10. The maximum absolute atomic E-state index is 12.5. The first-order chi connectivity index (χ1) is 16.0. The molecule has 0 aliphatic carbocycles. The molecule has 2 heterocycles. The predicted octanol–water partition coefficient (Wildman–Crippen LogP) is 5.03. The molecule has 0 atom stereocenters. The molecule has 33 heavy (non-hydrogen) atoms. The lowest BCUT2D eigenvalue weighted by molar-refractivity contribution is -0.118. The molecular formula is C24H21BrN6OS. The number of halogens is 1. The summed E-state index contributed by atoms with van der Waals surface area (Å²) in [7, 11) is 0. The quantitative estimate of drug-likeness (QED) is 0.210. The third-order valence-corrected chi connectivity index (χ3v) is 6.26. The van der Waals surface area contributed by atoms with Crippen LogP contribution in [0.1, 0.15) is 18.1 Å². The number of amides is 1. The minimum Gasteiger partial charge on any atom is -0.272 e. The Morgan fingerprint density at radius 1 is 1.03 bits per heavy atom. The minimum absolute atomic E-state index is 0.148. The maximum Gasteiger partial charge on any atom is 0.250 e. The Labute approximate surface area is 204 Å². The van der Waals surface area contributed by atoms with E-state index < -0.39 is 0 Å². The molecule has 0 aliphatic rings. The van der Waals surface area contributed by atoms with Crippen LogP contribution < -0.4 is 5.43 Å². The van der Waals surface area contributed by atoms with Crippen molar-refractivity contribution in [2.24, 2.45) is 5.10 Å². The fraction of sp³-hybridized carbons (Fsp3) is 0.125. The van der Waals surface area contributed by atoms with Crippen LogP contribution in [0.2, 0.25) is 0 Å². The van der Waals surface area contributed by atoms with Gasteiger partial charge in [-0.1, -0.05) is 57.5 Å². The van der Waals surface area contributed by atoms with Gasteiger partial charge < -0.3 is 0 Å². The summed E-state index contributed by atoms with van der Waals surface area (Å²) in [6, 6.07) is 19.6. The zero-order chi connectivity index (χ0) is 23.2. The minimum atomic E-state index is -0.220. The summed E-state index contributed by atoms with van der Waals surface area (Å²) in [5.41, 5.74) is 7.29. The van der Waals surface area contributed by atoms with Crippen molar-refractivity contribution in [2.45, 2.75) is 19.0 Å². The zero-order valence-electron chi connectivity index (χ0n) is 18.1. The lowest BCUT2D eigenvalue weighted by atomic mass is 10.1. The molecule has 7 nitrogen and oxygen atoms in total. The number of pyridine rings is 1. The molecule has 4 rings (SSSR count). The molecule has 2 aromatic carbocycles. The highest BCUT2D eigenvalue weighted by Crippen LogP contribution is 2.28. The summed E-state index contributed by atoms with van der Waals surface area (Å²) < 4.78 is 2.90. The summed E-state index contributed by atoms with van der Waals surface area (Å²) in [6.45, 7) is 3.89. The fourth-order valence-corrected chi connectivity index (χ4v) is 4.05. The average Bonchev–Trinajstić information content (AvgIpc) is 3.26. The molecule has 0 radical (unpaired) electrons. The first kappa shape index (κ1) is 22.9. The van der Waals surface area contributed by atoms with Crippen LogP contribution in [0.3, 0.4) is 0 Å². The summed E-state index contributed by atoms with van der Waals surface area (Å²) >= 11 is 4.77. The predicted molar refractivity (Wildman–Crippen MR) is 135 cm³/mol. The van der Waals surface area contributed by atoms with E-state index in [1.165, 1.54) is 17.3 Å². The van der Waals surface area contributed by atoms with E-state index in [-0.39, 0.29) is 11.7 Å². The lowest BCUT2D eigenvalue weighted by Crippen LogP contribution is -2.21. The molecule has 0 bridgehead atoms. The van der Waals surface area contributed by atoms with E-state index in [2.05, 4.69) is 41.6 Å². The number of hydrazone groups is 1. The van der Waals surface area contributed by atoms with E-state index in [0.717, 1.165) is 27.0 Å². The molecule has 0 saturated heterocycles.